The molecule has 0 aliphatic carbocycles. The number of hydrogen-bond donors (Lipinski definition) is 1. The normalized spacial score (nSPS) is 37.8. The predicted octanol–water partition coefficient (Wildman–Crippen LogP) is 1.24. The molecule has 2 heterocycles. The van der Waals surface area contributed by atoms with Crippen molar-refractivity contribution in [3.8, 4) is 0 Å². The summed E-state index contributed by atoms with van der Waals surface area (Å²) in [4.78, 5) is 2.59. The van der Waals surface area contributed by atoms with Gasteiger partial charge in [0.15, 0.2) is 0 Å². The number of hydrogen-bond acceptors (Lipinski definition) is 2. The SMILES string of the molecule is OC[C@H]1CCCN2CCCCC12. The van der Waals surface area contributed by atoms with Gasteiger partial charge in [0.2, 0.25) is 0 Å². The Kier molecular flexibility index (Phi) is 2.66. The summed E-state index contributed by atoms with van der Waals surface area (Å²) in [5.74, 6) is 0.582. The van der Waals surface area contributed by atoms with Crippen molar-refractivity contribution >= 4 is 0 Å². The third-order valence-electron chi connectivity index (χ3n) is 3.46. The summed E-state index contributed by atoms with van der Waals surface area (Å²) in [6, 6.07) is 0.720. The minimum Gasteiger partial charge on any atom is -0.396 e. The summed E-state index contributed by atoms with van der Waals surface area (Å²) in [7, 11) is 0. The van der Waals surface area contributed by atoms with E-state index in [0.29, 0.717) is 12.5 Å². The molecule has 12 heavy (non-hydrogen) atoms. The zero-order chi connectivity index (χ0) is 8.39. The number of aliphatic hydroxyl groups is 1. The largest absolute Gasteiger partial charge is 0.396 e. The highest BCUT2D eigenvalue weighted by Gasteiger charge is 2.32. The summed E-state index contributed by atoms with van der Waals surface area (Å²) in [6.45, 7) is 2.96. The van der Waals surface area contributed by atoms with Gasteiger partial charge in [-0.25, -0.2) is 0 Å². The summed E-state index contributed by atoms with van der Waals surface area (Å²) in [5, 5.41) is 9.20. The molecule has 2 fully saturated rings. The van der Waals surface area contributed by atoms with Crippen LogP contribution in [0.25, 0.3) is 0 Å². The van der Waals surface area contributed by atoms with E-state index in [-0.39, 0.29) is 0 Å². The van der Waals surface area contributed by atoms with Crippen molar-refractivity contribution < 1.29 is 5.11 Å². The summed E-state index contributed by atoms with van der Waals surface area (Å²) < 4.78 is 0. The van der Waals surface area contributed by atoms with Crippen LogP contribution in [0, 0.1) is 5.92 Å². The fourth-order valence-electron chi connectivity index (χ4n) is 2.79. The molecule has 0 aromatic carbocycles. The Morgan fingerprint density at radius 1 is 1.08 bits per heavy atom. The van der Waals surface area contributed by atoms with Gasteiger partial charge in [-0.05, 0) is 44.7 Å². The van der Waals surface area contributed by atoms with Crippen molar-refractivity contribution in [3.05, 3.63) is 0 Å². The predicted molar refractivity (Wildman–Crippen MR) is 49.0 cm³/mol. The van der Waals surface area contributed by atoms with Crippen LogP contribution in [0.2, 0.25) is 0 Å². The van der Waals surface area contributed by atoms with Gasteiger partial charge in [0.25, 0.3) is 0 Å². The Labute approximate surface area is 74.6 Å². The van der Waals surface area contributed by atoms with Gasteiger partial charge in [-0.1, -0.05) is 6.42 Å². The minimum atomic E-state index is 0.404. The lowest BCUT2D eigenvalue weighted by Gasteiger charge is -2.43. The molecule has 2 aliphatic heterocycles. The molecule has 0 saturated carbocycles. The lowest BCUT2D eigenvalue weighted by molar-refractivity contribution is 0.0312. The highest BCUT2D eigenvalue weighted by atomic mass is 16.3. The Bertz CT molecular complexity index is 140. The average Bonchev–Trinajstić information content (AvgIpc) is 2.17. The average molecular weight is 169 g/mol. The Morgan fingerprint density at radius 3 is 2.75 bits per heavy atom. The molecule has 2 rings (SSSR count). The lowest BCUT2D eigenvalue weighted by Crippen LogP contribution is -2.48. The topological polar surface area (TPSA) is 23.5 Å². The zero-order valence-corrected chi connectivity index (χ0v) is 7.71. The minimum absolute atomic E-state index is 0.404. The van der Waals surface area contributed by atoms with E-state index in [2.05, 4.69) is 4.90 Å². The second-order valence-electron chi connectivity index (χ2n) is 4.18. The molecule has 70 valence electrons. The van der Waals surface area contributed by atoms with Crippen LogP contribution in [0.3, 0.4) is 0 Å². The van der Waals surface area contributed by atoms with Crippen molar-refractivity contribution in [2.75, 3.05) is 19.7 Å². The van der Waals surface area contributed by atoms with Crippen LogP contribution in [0.15, 0.2) is 0 Å². The maximum atomic E-state index is 9.20. The molecule has 2 aliphatic rings. The fraction of sp³-hybridized carbons (Fsp3) is 1.00. The molecule has 0 radical (unpaired) electrons. The summed E-state index contributed by atoms with van der Waals surface area (Å²) >= 11 is 0. The van der Waals surface area contributed by atoms with Gasteiger partial charge >= 0.3 is 0 Å². The lowest BCUT2D eigenvalue weighted by atomic mass is 9.84. The van der Waals surface area contributed by atoms with Crippen LogP contribution in [-0.4, -0.2) is 35.7 Å². The number of aliphatic hydroxyl groups excluding tert-OH is 1. The number of fused-ring (bicyclic) bond motifs is 1. The van der Waals surface area contributed by atoms with Gasteiger partial charge in [-0.15, -0.1) is 0 Å². The van der Waals surface area contributed by atoms with E-state index in [1.54, 1.807) is 0 Å². The molecular formula is C10H19NO. The molecule has 0 aromatic heterocycles. The van der Waals surface area contributed by atoms with Gasteiger partial charge in [-0.2, -0.15) is 0 Å². The number of nitrogens with zero attached hydrogens (tertiary/aromatic N) is 1. The number of piperidine rings is 2. The monoisotopic (exact) mass is 169 g/mol. The van der Waals surface area contributed by atoms with E-state index in [0.717, 1.165) is 6.04 Å². The molecule has 0 spiro atoms. The highest BCUT2D eigenvalue weighted by molar-refractivity contribution is 4.86. The van der Waals surface area contributed by atoms with Gasteiger partial charge in [-0.3, -0.25) is 0 Å². The molecule has 2 nitrogen and oxygen atoms in total. The Morgan fingerprint density at radius 2 is 1.92 bits per heavy atom. The number of rotatable bonds is 1. The molecule has 0 amide bonds. The molecule has 2 heteroatoms. The molecular weight excluding hydrogens is 150 g/mol. The zero-order valence-electron chi connectivity index (χ0n) is 7.71. The van der Waals surface area contributed by atoms with Gasteiger partial charge in [0.1, 0.15) is 0 Å². The van der Waals surface area contributed by atoms with E-state index < -0.39 is 0 Å². The summed E-state index contributed by atoms with van der Waals surface area (Å²) in [6.07, 6.45) is 6.61. The quantitative estimate of drug-likeness (QED) is 0.638. The maximum absolute atomic E-state index is 9.20. The van der Waals surface area contributed by atoms with E-state index in [9.17, 15) is 5.11 Å². The van der Waals surface area contributed by atoms with Crippen molar-refractivity contribution in [1.82, 2.24) is 4.90 Å². The molecule has 1 unspecified atom stereocenters. The smallest absolute Gasteiger partial charge is 0.0474 e. The molecule has 1 N–H and O–H groups in total. The van der Waals surface area contributed by atoms with Gasteiger partial charge < -0.3 is 10.0 Å². The van der Waals surface area contributed by atoms with Crippen LogP contribution >= 0.6 is 0 Å². The molecule has 2 saturated heterocycles. The maximum Gasteiger partial charge on any atom is 0.0474 e. The van der Waals surface area contributed by atoms with Crippen molar-refractivity contribution in [1.29, 1.82) is 0 Å². The third-order valence-corrected chi connectivity index (χ3v) is 3.46. The van der Waals surface area contributed by atoms with Crippen molar-refractivity contribution in [2.45, 2.75) is 38.1 Å². The first kappa shape index (κ1) is 8.52. The molecule has 2 atom stereocenters. The van der Waals surface area contributed by atoms with E-state index in [1.807, 2.05) is 0 Å². The third kappa shape index (κ3) is 1.50. The first-order valence-corrected chi connectivity index (χ1v) is 5.26. The summed E-state index contributed by atoms with van der Waals surface area (Å²) in [5.41, 5.74) is 0. The van der Waals surface area contributed by atoms with E-state index in [1.165, 1.54) is 45.2 Å². The van der Waals surface area contributed by atoms with Crippen LogP contribution in [0.1, 0.15) is 32.1 Å². The first-order valence-electron chi connectivity index (χ1n) is 5.26. The van der Waals surface area contributed by atoms with E-state index >= 15 is 0 Å². The van der Waals surface area contributed by atoms with Crippen LogP contribution in [-0.2, 0) is 0 Å². The Balaban J connectivity index is 1.99. The van der Waals surface area contributed by atoms with Crippen molar-refractivity contribution in [3.63, 3.8) is 0 Å². The first-order chi connectivity index (χ1) is 5.92. The van der Waals surface area contributed by atoms with Gasteiger partial charge in [0.05, 0.1) is 0 Å². The molecule has 0 bridgehead atoms. The second-order valence-corrected chi connectivity index (χ2v) is 4.18. The van der Waals surface area contributed by atoms with Crippen LogP contribution < -0.4 is 0 Å². The molecule has 0 aromatic rings. The van der Waals surface area contributed by atoms with E-state index in [4.69, 9.17) is 0 Å². The van der Waals surface area contributed by atoms with Crippen LogP contribution in [0.5, 0.6) is 0 Å². The van der Waals surface area contributed by atoms with Crippen molar-refractivity contribution in [2.24, 2.45) is 5.92 Å². The Hall–Kier alpha value is -0.0800. The second kappa shape index (κ2) is 3.75. The standard InChI is InChI=1S/C10H19NO/c12-8-9-4-3-7-11-6-2-1-5-10(9)11/h9-10,12H,1-8H2/t9-,10?/m1/s1. The fourth-order valence-corrected chi connectivity index (χ4v) is 2.79. The van der Waals surface area contributed by atoms with Gasteiger partial charge in [0, 0.05) is 12.6 Å². The van der Waals surface area contributed by atoms with Crippen LogP contribution in [0.4, 0.5) is 0 Å². The highest BCUT2D eigenvalue weighted by Crippen LogP contribution is 2.30.